The highest BCUT2D eigenvalue weighted by Crippen LogP contribution is 2.22. The second kappa shape index (κ2) is 9.34. The molecule has 31 heavy (non-hydrogen) atoms. The molecule has 1 atom stereocenters. The molecule has 2 amide bonds. The lowest BCUT2D eigenvalue weighted by Gasteiger charge is -2.18. The van der Waals surface area contributed by atoms with Gasteiger partial charge in [0, 0.05) is 25.3 Å². The molecule has 1 aliphatic rings. The number of carbonyl (C=O) groups excluding carboxylic acids is 2. The van der Waals surface area contributed by atoms with Crippen LogP contribution in [0.3, 0.4) is 0 Å². The Morgan fingerprint density at radius 1 is 1.13 bits per heavy atom. The number of hydrogen-bond donors (Lipinski definition) is 1. The van der Waals surface area contributed by atoms with Crippen LogP contribution >= 0.6 is 11.8 Å². The maximum absolute atomic E-state index is 13.1. The quantitative estimate of drug-likeness (QED) is 0.455. The predicted octanol–water partition coefficient (Wildman–Crippen LogP) is 3.02. The molecule has 0 radical (unpaired) electrons. The standard InChI is InChI=1S/C23H24N4O3S/c1-2-12-31-23-24-19-11-7-6-10-18(19)22(30)27(23)25-21(29)17-13-20(28)26(15-17)14-16-8-4-3-5-9-16/h3-11,17H,2,12-15H2,1H3,(H,25,29). The van der Waals surface area contributed by atoms with Crippen LogP contribution in [0.2, 0.25) is 0 Å². The SMILES string of the molecule is CCCSc1nc2ccccc2c(=O)n1NC(=O)C1CC(=O)N(Cc2ccccc2)C1. The molecule has 0 saturated carbocycles. The maximum atomic E-state index is 13.1. The third-order valence-corrected chi connectivity index (χ3v) is 6.35. The summed E-state index contributed by atoms with van der Waals surface area (Å²) in [5, 5.41) is 0.890. The molecule has 2 heterocycles. The molecule has 1 saturated heterocycles. The summed E-state index contributed by atoms with van der Waals surface area (Å²) in [6, 6.07) is 16.8. The summed E-state index contributed by atoms with van der Waals surface area (Å²) in [4.78, 5) is 44.8. The Kier molecular flexibility index (Phi) is 6.36. The van der Waals surface area contributed by atoms with Crippen molar-refractivity contribution in [2.75, 3.05) is 17.7 Å². The van der Waals surface area contributed by atoms with Crippen molar-refractivity contribution in [3.05, 3.63) is 70.5 Å². The first-order chi connectivity index (χ1) is 15.1. The summed E-state index contributed by atoms with van der Waals surface area (Å²) in [7, 11) is 0. The molecule has 1 N–H and O–H groups in total. The highest BCUT2D eigenvalue weighted by molar-refractivity contribution is 7.99. The van der Waals surface area contributed by atoms with Gasteiger partial charge in [-0.3, -0.25) is 19.8 Å². The Bertz CT molecular complexity index is 1160. The van der Waals surface area contributed by atoms with E-state index in [-0.39, 0.29) is 23.8 Å². The van der Waals surface area contributed by atoms with Gasteiger partial charge in [0.2, 0.25) is 11.8 Å². The smallest absolute Gasteiger partial charge is 0.281 e. The van der Waals surface area contributed by atoms with E-state index >= 15 is 0 Å². The van der Waals surface area contributed by atoms with E-state index in [2.05, 4.69) is 10.4 Å². The van der Waals surface area contributed by atoms with Crippen molar-refractivity contribution in [1.82, 2.24) is 14.6 Å². The minimum Gasteiger partial charge on any atom is -0.338 e. The van der Waals surface area contributed by atoms with Crippen LogP contribution in [-0.2, 0) is 16.1 Å². The van der Waals surface area contributed by atoms with Gasteiger partial charge in [-0.25, -0.2) is 4.98 Å². The Balaban J connectivity index is 1.54. The number of nitrogens with zero attached hydrogens (tertiary/aromatic N) is 3. The highest BCUT2D eigenvalue weighted by atomic mass is 32.2. The van der Waals surface area contributed by atoms with E-state index in [4.69, 9.17) is 0 Å². The van der Waals surface area contributed by atoms with Crippen LogP contribution in [0.15, 0.2) is 64.5 Å². The molecule has 7 nitrogen and oxygen atoms in total. The Morgan fingerprint density at radius 2 is 1.87 bits per heavy atom. The van der Waals surface area contributed by atoms with E-state index in [1.54, 1.807) is 23.1 Å². The number of amides is 2. The van der Waals surface area contributed by atoms with Gasteiger partial charge in [-0.1, -0.05) is 61.2 Å². The number of hydrogen-bond acceptors (Lipinski definition) is 5. The number of benzene rings is 2. The van der Waals surface area contributed by atoms with Gasteiger partial charge in [-0.2, -0.15) is 4.68 Å². The van der Waals surface area contributed by atoms with Crippen molar-refractivity contribution in [2.45, 2.75) is 31.5 Å². The third-order valence-electron chi connectivity index (χ3n) is 5.20. The fourth-order valence-electron chi connectivity index (χ4n) is 3.61. The van der Waals surface area contributed by atoms with Crippen molar-refractivity contribution in [3.63, 3.8) is 0 Å². The first-order valence-electron chi connectivity index (χ1n) is 10.3. The van der Waals surface area contributed by atoms with Gasteiger partial charge in [0.25, 0.3) is 5.56 Å². The fourth-order valence-corrected chi connectivity index (χ4v) is 4.41. The zero-order valence-electron chi connectivity index (χ0n) is 17.3. The van der Waals surface area contributed by atoms with Crippen molar-refractivity contribution in [1.29, 1.82) is 0 Å². The number of fused-ring (bicyclic) bond motifs is 1. The van der Waals surface area contributed by atoms with Crippen LogP contribution in [0.4, 0.5) is 0 Å². The average molecular weight is 437 g/mol. The van der Waals surface area contributed by atoms with E-state index in [9.17, 15) is 14.4 Å². The van der Waals surface area contributed by atoms with Gasteiger partial charge in [0.15, 0.2) is 5.16 Å². The van der Waals surface area contributed by atoms with Crippen LogP contribution in [0.5, 0.6) is 0 Å². The second-order valence-corrected chi connectivity index (χ2v) is 8.60. The van der Waals surface area contributed by atoms with Gasteiger partial charge in [-0.15, -0.1) is 0 Å². The molecule has 1 fully saturated rings. The number of carbonyl (C=O) groups is 2. The normalized spacial score (nSPS) is 16.1. The molecule has 0 aliphatic carbocycles. The Hall–Kier alpha value is -3.13. The summed E-state index contributed by atoms with van der Waals surface area (Å²) in [5.41, 5.74) is 4.03. The van der Waals surface area contributed by atoms with Crippen molar-refractivity contribution in [2.24, 2.45) is 5.92 Å². The van der Waals surface area contributed by atoms with Gasteiger partial charge in [0.1, 0.15) is 0 Å². The first-order valence-corrected chi connectivity index (χ1v) is 11.3. The van der Waals surface area contributed by atoms with Crippen LogP contribution in [0.25, 0.3) is 10.9 Å². The number of thioether (sulfide) groups is 1. The lowest BCUT2D eigenvalue weighted by atomic mass is 10.1. The number of rotatable bonds is 7. The molecule has 1 aliphatic heterocycles. The Labute approximate surface area is 184 Å². The summed E-state index contributed by atoms with van der Waals surface area (Å²) in [6.07, 6.45) is 1.04. The zero-order chi connectivity index (χ0) is 21.8. The number of nitrogens with one attached hydrogen (secondary N) is 1. The largest absolute Gasteiger partial charge is 0.338 e. The predicted molar refractivity (Wildman–Crippen MR) is 121 cm³/mol. The summed E-state index contributed by atoms with van der Waals surface area (Å²) < 4.78 is 1.23. The number of para-hydroxylation sites is 1. The van der Waals surface area contributed by atoms with Crippen LogP contribution in [0, 0.1) is 5.92 Å². The number of likely N-dealkylation sites (tertiary alicyclic amines) is 1. The molecular weight excluding hydrogens is 412 g/mol. The molecule has 1 unspecified atom stereocenters. The molecule has 160 valence electrons. The molecule has 0 bridgehead atoms. The molecule has 2 aromatic carbocycles. The molecule has 3 aromatic rings. The van der Waals surface area contributed by atoms with E-state index < -0.39 is 5.92 Å². The van der Waals surface area contributed by atoms with Gasteiger partial charge in [-0.05, 0) is 24.1 Å². The first kappa shape index (κ1) is 21.1. The monoisotopic (exact) mass is 436 g/mol. The average Bonchev–Trinajstić information content (AvgIpc) is 3.15. The fraction of sp³-hybridized carbons (Fsp3) is 0.304. The van der Waals surface area contributed by atoms with Crippen molar-refractivity contribution in [3.8, 4) is 0 Å². The van der Waals surface area contributed by atoms with Crippen LogP contribution < -0.4 is 11.0 Å². The van der Waals surface area contributed by atoms with E-state index in [0.29, 0.717) is 29.1 Å². The topological polar surface area (TPSA) is 84.3 Å². The minimum atomic E-state index is -0.515. The summed E-state index contributed by atoms with van der Waals surface area (Å²) >= 11 is 1.42. The summed E-state index contributed by atoms with van der Waals surface area (Å²) in [6.45, 7) is 2.84. The Morgan fingerprint density at radius 3 is 2.65 bits per heavy atom. The third kappa shape index (κ3) is 4.64. The lowest BCUT2D eigenvalue weighted by Crippen LogP contribution is -2.39. The summed E-state index contributed by atoms with van der Waals surface area (Å²) in [5.74, 6) is -0.151. The molecule has 8 heteroatoms. The van der Waals surface area contributed by atoms with Crippen LogP contribution in [0.1, 0.15) is 25.3 Å². The van der Waals surface area contributed by atoms with Crippen molar-refractivity contribution < 1.29 is 9.59 Å². The molecule has 1 aromatic heterocycles. The lowest BCUT2D eigenvalue weighted by molar-refractivity contribution is -0.128. The van der Waals surface area contributed by atoms with Crippen molar-refractivity contribution >= 4 is 34.5 Å². The second-order valence-electron chi connectivity index (χ2n) is 7.54. The van der Waals surface area contributed by atoms with Gasteiger partial charge < -0.3 is 4.90 Å². The van der Waals surface area contributed by atoms with E-state index in [0.717, 1.165) is 17.7 Å². The highest BCUT2D eigenvalue weighted by Gasteiger charge is 2.34. The van der Waals surface area contributed by atoms with Gasteiger partial charge >= 0.3 is 0 Å². The van der Waals surface area contributed by atoms with Crippen LogP contribution in [-0.4, -0.2) is 38.7 Å². The minimum absolute atomic E-state index is 0.0615. The maximum Gasteiger partial charge on any atom is 0.281 e. The molecule has 0 spiro atoms. The van der Waals surface area contributed by atoms with Gasteiger partial charge in [0.05, 0.1) is 16.8 Å². The molecule has 4 rings (SSSR count). The number of aromatic nitrogens is 2. The van der Waals surface area contributed by atoms with E-state index in [1.165, 1.54) is 16.4 Å². The van der Waals surface area contributed by atoms with E-state index in [1.807, 2.05) is 43.3 Å². The zero-order valence-corrected chi connectivity index (χ0v) is 18.1. The molecular formula is C23H24N4O3S.